The van der Waals surface area contributed by atoms with Gasteiger partial charge in [-0.05, 0) is 46.8 Å². The maximum absolute atomic E-state index is 15.5. The Morgan fingerprint density at radius 1 is 1.21 bits per heavy atom. The van der Waals surface area contributed by atoms with Crippen LogP contribution in [0.2, 0.25) is 0 Å². The van der Waals surface area contributed by atoms with Gasteiger partial charge in [0.2, 0.25) is 0 Å². The van der Waals surface area contributed by atoms with Crippen LogP contribution in [0.25, 0.3) is 0 Å². The molecule has 0 spiro atoms. The predicted molar refractivity (Wildman–Crippen MR) is 109 cm³/mol. The molecule has 1 aliphatic rings. The molecule has 0 unspecified atom stereocenters. The number of carbonyl (C=O) groups excluding carboxylic acids is 1. The van der Waals surface area contributed by atoms with Crippen LogP contribution < -0.4 is 15.0 Å². The molecule has 164 valence electrons. The third kappa shape index (κ3) is 7.13. The topological polar surface area (TPSA) is 69.3 Å². The molecular weight excluding hydrogens is 379 g/mol. The molecule has 2 rings (SSSR count). The van der Waals surface area contributed by atoms with Crippen molar-refractivity contribution in [3.8, 4) is 5.75 Å². The van der Waals surface area contributed by atoms with Gasteiger partial charge in [0.05, 0.1) is 18.9 Å². The average Bonchev–Trinajstić information content (AvgIpc) is 2.64. The zero-order chi connectivity index (χ0) is 21.4. The summed E-state index contributed by atoms with van der Waals surface area (Å²) < 4.78 is 37.5. The number of ether oxygens (including phenoxy) is 4. The standard InChI is InChI=1S/C21H33FN2O5/c1-6-27-18(28-7-2)14-15-17(29-20(25)23-21(3,4)5)9-8-16(19(15)22)24-10-12-26-13-11-24/h8-9,18H,6-7,10-14H2,1-5H3,(H,23,25). The first-order chi connectivity index (χ1) is 13.7. The molecule has 8 heteroatoms. The van der Waals surface area contributed by atoms with Gasteiger partial charge in [-0.1, -0.05) is 0 Å². The van der Waals surface area contributed by atoms with Crippen molar-refractivity contribution >= 4 is 11.8 Å². The van der Waals surface area contributed by atoms with E-state index < -0.39 is 23.7 Å². The van der Waals surface area contributed by atoms with Crippen LogP contribution in [-0.4, -0.2) is 57.4 Å². The zero-order valence-electron chi connectivity index (χ0n) is 18.0. The molecule has 0 radical (unpaired) electrons. The van der Waals surface area contributed by atoms with E-state index in [0.29, 0.717) is 45.2 Å². The Bertz CT molecular complexity index is 666. The van der Waals surface area contributed by atoms with Crippen LogP contribution in [-0.2, 0) is 20.6 Å². The molecule has 1 saturated heterocycles. The Hall–Kier alpha value is -1.90. The third-order valence-electron chi connectivity index (χ3n) is 4.29. The number of carbonyl (C=O) groups is 1. The highest BCUT2D eigenvalue weighted by atomic mass is 19.1. The summed E-state index contributed by atoms with van der Waals surface area (Å²) in [6.45, 7) is 12.4. The molecule has 1 fully saturated rings. The van der Waals surface area contributed by atoms with E-state index in [1.807, 2.05) is 39.5 Å². The second-order valence-electron chi connectivity index (χ2n) is 7.78. The largest absolute Gasteiger partial charge is 0.413 e. The summed E-state index contributed by atoms with van der Waals surface area (Å²) in [5.74, 6) is -0.275. The van der Waals surface area contributed by atoms with Gasteiger partial charge >= 0.3 is 6.09 Å². The lowest BCUT2D eigenvalue weighted by Crippen LogP contribution is -2.42. The fourth-order valence-electron chi connectivity index (χ4n) is 3.06. The van der Waals surface area contributed by atoms with Crippen molar-refractivity contribution in [2.75, 3.05) is 44.4 Å². The first-order valence-electron chi connectivity index (χ1n) is 10.1. The number of rotatable bonds is 8. The zero-order valence-corrected chi connectivity index (χ0v) is 18.0. The summed E-state index contributed by atoms with van der Waals surface area (Å²) in [7, 11) is 0. The van der Waals surface area contributed by atoms with E-state index in [9.17, 15) is 4.79 Å². The van der Waals surface area contributed by atoms with E-state index in [1.54, 1.807) is 12.1 Å². The van der Waals surface area contributed by atoms with Crippen molar-refractivity contribution in [1.29, 1.82) is 0 Å². The van der Waals surface area contributed by atoms with Crippen molar-refractivity contribution in [2.24, 2.45) is 0 Å². The summed E-state index contributed by atoms with van der Waals surface area (Å²) >= 11 is 0. The highest BCUT2D eigenvalue weighted by Gasteiger charge is 2.25. The SMILES string of the molecule is CCOC(Cc1c(OC(=O)NC(C)(C)C)ccc(N2CCOCC2)c1F)OCC. The maximum Gasteiger partial charge on any atom is 0.413 e. The smallest absolute Gasteiger partial charge is 0.410 e. The van der Waals surface area contributed by atoms with Crippen molar-refractivity contribution in [3.05, 3.63) is 23.5 Å². The van der Waals surface area contributed by atoms with Gasteiger partial charge in [-0.25, -0.2) is 9.18 Å². The Kier molecular flexibility index (Phi) is 8.67. The van der Waals surface area contributed by atoms with Crippen LogP contribution in [0.15, 0.2) is 12.1 Å². The second-order valence-corrected chi connectivity index (χ2v) is 7.78. The average molecular weight is 413 g/mol. The fourth-order valence-corrected chi connectivity index (χ4v) is 3.06. The number of benzene rings is 1. The number of amides is 1. The highest BCUT2D eigenvalue weighted by Crippen LogP contribution is 2.32. The number of hydrogen-bond acceptors (Lipinski definition) is 6. The van der Waals surface area contributed by atoms with Gasteiger partial charge in [-0.3, -0.25) is 0 Å². The number of hydrogen-bond donors (Lipinski definition) is 1. The number of nitrogens with one attached hydrogen (secondary N) is 1. The molecule has 1 aromatic rings. The lowest BCUT2D eigenvalue weighted by atomic mass is 10.1. The van der Waals surface area contributed by atoms with Crippen molar-refractivity contribution < 1.29 is 28.1 Å². The van der Waals surface area contributed by atoms with E-state index >= 15 is 4.39 Å². The number of anilines is 1. The van der Waals surface area contributed by atoms with Crippen LogP contribution in [0.4, 0.5) is 14.9 Å². The molecule has 1 aliphatic heterocycles. The Balaban J connectivity index is 2.34. The summed E-state index contributed by atoms with van der Waals surface area (Å²) in [5.41, 5.74) is 0.242. The fraction of sp³-hybridized carbons (Fsp3) is 0.667. The van der Waals surface area contributed by atoms with Gasteiger partial charge in [0, 0.05) is 43.8 Å². The minimum Gasteiger partial charge on any atom is -0.410 e. The quantitative estimate of drug-likeness (QED) is 0.659. The van der Waals surface area contributed by atoms with E-state index in [1.165, 1.54) is 0 Å². The molecule has 0 aliphatic carbocycles. The van der Waals surface area contributed by atoms with Crippen molar-refractivity contribution in [3.63, 3.8) is 0 Å². The van der Waals surface area contributed by atoms with E-state index in [4.69, 9.17) is 18.9 Å². The molecular formula is C21H33FN2O5. The first-order valence-corrected chi connectivity index (χ1v) is 10.1. The summed E-state index contributed by atoms with van der Waals surface area (Å²) in [5, 5.41) is 2.72. The first kappa shape index (κ1) is 23.4. The predicted octanol–water partition coefficient (Wildman–Crippen LogP) is 3.49. The van der Waals surface area contributed by atoms with Crippen LogP contribution in [0.1, 0.15) is 40.2 Å². The van der Waals surface area contributed by atoms with Crippen molar-refractivity contribution in [1.82, 2.24) is 5.32 Å². The van der Waals surface area contributed by atoms with Gasteiger partial charge < -0.3 is 29.2 Å². The molecule has 29 heavy (non-hydrogen) atoms. The monoisotopic (exact) mass is 412 g/mol. The summed E-state index contributed by atoms with van der Waals surface area (Å²) in [6, 6.07) is 3.26. The normalized spacial score (nSPS) is 14.9. The Labute approximate surface area is 172 Å². The van der Waals surface area contributed by atoms with Crippen LogP contribution in [0.3, 0.4) is 0 Å². The second kappa shape index (κ2) is 10.8. The molecule has 1 amide bonds. The lowest BCUT2D eigenvalue weighted by Gasteiger charge is -2.30. The van der Waals surface area contributed by atoms with Gasteiger partial charge in [-0.2, -0.15) is 0 Å². The number of nitrogens with zero attached hydrogens (tertiary/aromatic N) is 1. The van der Waals surface area contributed by atoms with Gasteiger partial charge in [0.1, 0.15) is 5.75 Å². The van der Waals surface area contributed by atoms with Gasteiger partial charge in [0.15, 0.2) is 12.1 Å². The van der Waals surface area contributed by atoms with E-state index in [-0.39, 0.29) is 17.7 Å². The molecule has 0 bridgehead atoms. The lowest BCUT2D eigenvalue weighted by molar-refractivity contribution is -0.135. The molecule has 0 atom stereocenters. The molecule has 1 heterocycles. The Morgan fingerprint density at radius 2 is 1.83 bits per heavy atom. The van der Waals surface area contributed by atoms with Crippen LogP contribution in [0, 0.1) is 5.82 Å². The summed E-state index contributed by atoms with van der Waals surface area (Å²) in [4.78, 5) is 14.2. The molecule has 0 aromatic heterocycles. The van der Waals surface area contributed by atoms with Crippen LogP contribution in [0.5, 0.6) is 5.75 Å². The molecule has 0 saturated carbocycles. The number of morpholine rings is 1. The Morgan fingerprint density at radius 3 is 2.38 bits per heavy atom. The maximum atomic E-state index is 15.5. The number of halogens is 1. The molecule has 1 aromatic carbocycles. The molecule has 1 N–H and O–H groups in total. The van der Waals surface area contributed by atoms with Gasteiger partial charge in [-0.15, -0.1) is 0 Å². The summed E-state index contributed by atoms with van der Waals surface area (Å²) in [6.07, 6.45) is -1.14. The van der Waals surface area contributed by atoms with Crippen LogP contribution >= 0.6 is 0 Å². The van der Waals surface area contributed by atoms with E-state index in [0.717, 1.165) is 0 Å². The highest BCUT2D eigenvalue weighted by molar-refractivity contribution is 5.72. The third-order valence-corrected chi connectivity index (χ3v) is 4.29. The van der Waals surface area contributed by atoms with Gasteiger partial charge in [0.25, 0.3) is 0 Å². The minimum absolute atomic E-state index is 0.129. The van der Waals surface area contributed by atoms with Crippen molar-refractivity contribution in [2.45, 2.75) is 52.9 Å². The molecule has 7 nitrogen and oxygen atoms in total. The minimum atomic E-state index is -0.637. The van der Waals surface area contributed by atoms with E-state index in [2.05, 4.69) is 5.32 Å².